The molecule has 0 radical (unpaired) electrons. The predicted octanol–water partition coefficient (Wildman–Crippen LogP) is 3.64. The number of nitrogens with zero attached hydrogens (tertiary/aromatic N) is 1. The zero-order chi connectivity index (χ0) is 68.6. The van der Waals surface area contributed by atoms with Crippen LogP contribution in [0.25, 0.3) is 0 Å². The number of alkyl halides is 6. The SMILES string of the molecule is CC(C)[C@H]1NC(=O)[C@@H](Cc2cccc(C(F)(F)F)c2)NCCOc2ccccc2CCCNC(=O)[C@H](CN)NC1=O.CC(C)[C@H]1NC(=O)[C@@H](Cc2cccc(C(F)(F)F)c2)NCCOc2ccccc2CCCNC(=O)[C@H](CN2CCOCC2)NC1=O.O=CCOCC=O. The molecule has 7 rings (SSSR count). The van der Waals surface area contributed by atoms with Crippen molar-refractivity contribution < 1.29 is 83.6 Å². The highest BCUT2D eigenvalue weighted by molar-refractivity contribution is 5.94. The molecule has 0 spiro atoms. The molecule has 94 heavy (non-hydrogen) atoms. The number of halogens is 6. The fourth-order valence-corrected chi connectivity index (χ4v) is 10.2. The summed E-state index contributed by atoms with van der Waals surface area (Å²) in [6.07, 6.45) is -5.44. The maximum atomic E-state index is 13.7. The van der Waals surface area contributed by atoms with Gasteiger partial charge in [-0.05, 0) is 96.9 Å². The summed E-state index contributed by atoms with van der Waals surface area (Å²) in [5.41, 5.74) is 6.63. The Balaban J connectivity index is 0.000000311. The van der Waals surface area contributed by atoms with Crippen molar-refractivity contribution in [2.24, 2.45) is 17.6 Å². The van der Waals surface area contributed by atoms with E-state index >= 15 is 0 Å². The minimum atomic E-state index is -4.53. The number of fused-ring (bicyclic) bond motifs is 2. The Bertz CT molecular complexity index is 3050. The van der Waals surface area contributed by atoms with Gasteiger partial charge in [0.25, 0.3) is 0 Å². The van der Waals surface area contributed by atoms with Crippen molar-refractivity contribution in [3.05, 3.63) is 130 Å². The second kappa shape index (κ2) is 39.6. The number of para-hydroxylation sites is 2. The normalized spacial score (nSPS) is 21.5. The van der Waals surface area contributed by atoms with Crippen LogP contribution in [-0.4, -0.2) is 181 Å². The molecule has 516 valence electrons. The minimum Gasteiger partial charge on any atom is -0.492 e. The number of aryl methyl sites for hydroxylation is 2. The highest BCUT2D eigenvalue weighted by atomic mass is 19.4. The third-order valence-corrected chi connectivity index (χ3v) is 15.2. The van der Waals surface area contributed by atoms with E-state index in [4.69, 9.17) is 19.9 Å². The van der Waals surface area contributed by atoms with Crippen molar-refractivity contribution in [3.63, 3.8) is 0 Å². The van der Waals surface area contributed by atoms with Crippen LogP contribution >= 0.6 is 0 Å². The molecule has 10 N–H and O–H groups in total. The van der Waals surface area contributed by atoms with Crippen molar-refractivity contribution in [1.29, 1.82) is 0 Å². The first-order valence-corrected chi connectivity index (χ1v) is 31.3. The molecule has 1 saturated heterocycles. The Morgan fingerprint density at radius 1 is 0.532 bits per heavy atom. The molecule has 3 aliphatic rings. The summed E-state index contributed by atoms with van der Waals surface area (Å²) in [7, 11) is 0. The standard InChI is InChI=1S/C33H44F3N5O5.C29H38F3N5O4.C4H6O3/c1-22(2)29-32(44)39-27(21-41-14-17-45-18-15-41)30(42)38-12-6-9-24-8-3-4-11-28(24)46-16-13-37-26(31(43)40-29)20-23-7-5-10-25(19-23)33(34,35)36;1-18(2)25-28(40)36-23(17-33)26(38)35-12-6-9-20-8-3-4-11-24(20)41-14-13-34-22(27(39)37-25)16-19-7-5-10-21(15-19)29(30,31)32;5-1-3-7-4-2-6/h3-5,7-8,10-11,19,22,26-27,29,37H,6,9,12-18,20-21H2,1-2H3,(H,38,42)(H,39,44)(H,40,43);3-5,7-8,10-11,15,18,22-23,25,34H,6,9,12-14,16-17,33H2,1-2H3,(H,35,38)(H,36,40)(H,37,39);1-2H,3-4H2/t26-,27+,29-;22-,23+,25-;/m11./s1. The van der Waals surface area contributed by atoms with Crippen molar-refractivity contribution in [2.45, 2.75) is 115 Å². The average molecular weight is 1330 g/mol. The van der Waals surface area contributed by atoms with Crippen LogP contribution in [0.15, 0.2) is 97.1 Å². The van der Waals surface area contributed by atoms with E-state index in [0.717, 1.165) is 35.4 Å². The Morgan fingerprint density at radius 3 is 1.37 bits per heavy atom. The quantitative estimate of drug-likeness (QED) is 0.0525. The van der Waals surface area contributed by atoms with E-state index in [1.54, 1.807) is 27.7 Å². The number of hydrogen-bond donors (Lipinski definition) is 9. The fraction of sp³-hybridized carbons (Fsp3) is 0.515. The van der Waals surface area contributed by atoms with Gasteiger partial charge in [-0.1, -0.05) is 100 Å². The molecular formula is C66H88F6N10O12. The number of amides is 6. The molecule has 6 amide bonds. The van der Waals surface area contributed by atoms with E-state index in [1.807, 2.05) is 53.4 Å². The van der Waals surface area contributed by atoms with Gasteiger partial charge in [0.05, 0.1) is 36.4 Å². The number of aldehydes is 2. The number of carbonyl (C=O) groups excluding carboxylic acids is 8. The van der Waals surface area contributed by atoms with Crippen LogP contribution in [0.4, 0.5) is 26.3 Å². The lowest BCUT2D eigenvalue weighted by Crippen LogP contribution is -2.60. The van der Waals surface area contributed by atoms with Crippen molar-refractivity contribution in [3.8, 4) is 11.5 Å². The first-order valence-electron chi connectivity index (χ1n) is 31.3. The molecule has 0 saturated carbocycles. The Kier molecular flexibility index (Phi) is 32.3. The van der Waals surface area contributed by atoms with E-state index in [2.05, 4.69) is 47.3 Å². The number of nitrogens with two attached hydrogens (primary N) is 1. The van der Waals surface area contributed by atoms with Crippen LogP contribution < -0.4 is 57.7 Å². The molecule has 6 atom stereocenters. The van der Waals surface area contributed by atoms with Gasteiger partial charge in [0, 0.05) is 52.4 Å². The predicted molar refractivity (Wildman–Crippen MR) is 337 cm³/mol. The maximum Gasteiger partial charge on any atom is 0.416 e. The third kappa shape index (κ3) is 26.4. The molecule has 28 heteroatoms. The summed E-state index contributed by atoms with van der Waals surface area (Å²) >= 11 is 0. The van der Waals surface area contributed by atoms with Crippen LogP contribution in [0.3, 0.4) is 0 Å². The highest BCUT2D eigenvalue weighted by Crippen LogP contribution is 2.31. The third-order valence-electron chi connectivity index (χ3n) is 15.2. The molecular weight excluding hydrogens is 1240 g/mol. The zero-order valence-electron chi connectivity index (χ0n) is 53.3. The van der Waals surface area contributed by atoms with Crippen molar-refractivity contribution in [1.82, 2.24) is 47.4 Å². The number of benzene rings is 4. The molecule has 1 fully saturated rings. The summed E-state index contributed by atoms with van der Waals surface area (Å²) in [5, 5.41) is 22.9. The zero-order valence-corrected chi connectivity index (χ0v) is 53.3. The second-order valence-electron chi connectivity index (χ2n) is 23.1. The summed E-state index contributed by atoms with van der Waals surface area (Å²) in [6, 6.07) is 18.8. The summed E-state index contributed by atoms with van der Waals surface area (Å²) in [4.78, 5) is 101. The van der Waals surface area contributed by atoms with E-state index in [1.165, 1.54) is 24.3 Å². The Labute approximate surface area is 543 Å². The molecule has 0 unspecified atom stereocenters. The van der Waals surface area contributed by atoms with Gasteiger partial charge in [-0.2, -0.15) is 26.3 Å². The number of hydrogen-bond acceptors (Lipinski definition) is 16. The van der Waals surface area contributed by atoms with Gasteiger partial charge in [0.15, 0.2) is 0 Å². The van der Waals surface area contributed by atoms with Gasteiger partial charge >= 0.3 is 12.4 Å². The first-order chi connectivity index (χ1) is 44.9. The van der Waals surface area contributed by atoms with Crippen LogP contribution in [-0.2, 0) is 85.9 Å². The molecule has 0 aliphatic carbocycles. The van der Waals surface area contributed by atoms with Crippen LogP contribution in [0.5, 0.6) is 11.5 Å². The van der Waals surface area contributed by atoms with Gasteiger partial charge in [-0.3, -0.25) is 33.7 Å². The van der Waals surface area contributed by atoms with E-state index in [9.17, 15) is 64.7 Å². The minimum absolute atomic E-state index is 0.0126. The molecule has 3 aliphatic heterocycles. The van der Waals surface area contributed by atoms with Crippen LogP contribution in [0, 0.1) is 11.8 Å². The monoisotopic (exact) mass is 1330 g/mol. The van der Waals surface area contributed by atoms with Gasteiger partial charge in [0.2, 0.25) is 35.4 Å². The number of ether oxygens (including phenoxy) is 4. The molecule has 4 aromatic carbocycles. The summed E-state index contributed by atoms with van der Waals surface area (Å²) in [5.74, 6) is -2.39. The number of rotatable bonds is 13. The van der Waals surface area contributed by atoms with E-state index < -0.39 is 89.3 Å². The van der Waals surface area contributed by atoms with Gasteiger partial charge in [-0.25, -0.2) is 0 Å². The smallest absolute Gasteiger partial charge is 0.416 e. The molecule has 0 aromatic heterocycles. The molecule has 4 aromatic rings. The molecule has 0 bridgehead atoms. The topological polar surface area (TPSA) is 299 Å². The highest BCUT2D eigenvalue weighted by Gasteiger charge is 2.36. The Hall–Kier alpha value is -8.02. The van der Waals surface area contributed by atoms with Gasteiger partial charge in [0.1, 0.15) is 74.7 Å². The van der Waals surface area contributed by atoms with Crippen LogP contribution in [0.1, 0.15) is 73.9 Å². The molecule has 22 nitrogen and oxygen atoms in total. The molecule has 3 heterocycles. The largest absolute Gasteiger partial charge is 0.492 e. The second-order valence-corrected chi connectivity index (χ2v) is 23.1. The van der Waals surface area contributed by atoms with Crippen molar-refractivity contribution in [2.75, 3.05) is 92.0 Å². The van der Waals surface area contributed by atoms with Gasteiger partial charge < -0.3 is 76.8 Å². The summed E-state index contributed by atoms with van der Waals surface area (Å²) < 4.78 is 102. The fourth-order valence-electron chi connectivity index (χ4n) is 10.2. The number of carbonyl (C=O) groups is 8. The lowest BCUT2D eigenvalue weighted by molar-refractivity contribution is -0.138. The number of morpholine rings is 1. The van der Waals surface area contributed by atoms with E-state index in [0.29, 0.717) is 100 Å². The first kappa shape index (κ1) is 76.7. The summed E-state index contributed by atoms with van der Waals surface area (Å²) in [6.45, 7) is 11.0. The van der Waals surface area contributed by atoms with Crippen LogP contribution in [0.2, 0.25) is 0 Å². The van der Waals surface area contributed by atoms with Crippen molar-refractivity contribution >= 4 is 48.0 Å². The Morgan fingerprint density at radius 2 is 0.957 bits per heavy atom. The van der Waals surface area contributed by atoms with Gasteiger partial charge in [-0.15, -0.1) is 0 Å². The average Bonchev–Trinajstić information content (AvgIpc) is 0.968. The lowest BCUT2D eigenvalue weighted by atomic mass is 9.99. The number of nitrogens with one attached hydrogen (secondary N) is 8. The maximum absolute atomic E-state index is 13.7. The lowest BCUT2D eigenvalue weighted by Gasteiger charge is -2.32. The van der Waals surface area contributed by atoms with E-state index in [-0.39, 0.29) is 83.2 Å².